The van der Waals surface area contributed by atoms with Crippen LogP contribution in [0.5, 0.6) is 0 Å². The Kier molecular flexibility index (Phi) is 5.14. The molecule has 2 unspecified atom stereocenters. The predicted octanol–water partition coefficient (Wildman–Crippen LogP) is 0.721. The van der Waals surface area contributed by atoms with Gasteiger partial charge in [0, 0.05) is 28.8 Å². The van der Waals surface area contributed by atoms with Crippen LogP contribution < -0.4 is 11.1 Å². The Bertz CT molecular complexity index is 368. The number of hydrogen-bond donors (Lipinski definition) is 2. The van der Waals surface area contributed by atoms with Crippen molar-refractivity contribution in [2.24, 2.45) is 5.73 Å². The number of nitrogens with one attached hydrogen (secondary N) is 1. The number of rotatable bonds is 5. The molecule has 88 valence electrons. The normalized spacial score (nSPS) is 14.1. The molecule has 0 aliphatic heterocycles. The molecule has 1 aromatic carbocycles. The molecule has 0 bridgehead atoms. The van der Waals surface area contributed by atoms with Gasteiger partial charge in [-0.2, -0.15) is 0 Å². The topological polar surface area (TPSA) is 72.2 Å². The minimum absolute atomic E-state index is 0.238. The summed E-state index contributed by atoms with van der Waals surface area (Å²) in [6, 6.07) is 9.10. The Hall–Kier alpha value is -1.20. The summed E-state index contributed by atoms with van der Waals surface area (Å²) in [5.41, 5.74) is 6.01. The second-order valence-electron chi connectivity index (χ2n) is 3.37. The van der Waals surface area contributed by atoms with Crippen molar-refractivity contribution < 1.29 is 9.00 Å². The van der Waals surface area contributed by atoms with E-state index in [1.165, 1.54) is 0 Å². The molecule has 4 nitrogen and oxygen atoms in total. The Morgan fingerprint density at radius 3 is 2.62 bits per heavy atom. The second-order valence-corrected chi connectivity index (χ2v) is 5.25. The van der Waals surface area contributed by atoms with Crippen molar-refractivity contribution in [2.75, 3.05) is 17.6 Å². The standard InChI is InChI=1S/C11H16N2O2S/c1-9(16(15)8-7-12)11(14)13-10-5-3-2-4-6-10/h2-6,9H,7-8,12H2,1H3,(H,13,14). The number of hydrogen-bond acceptors (Lipinski definition) is 3. The van der Waals surface area contributed by atoms with Crippen molar-refractivity contribution in [2.45, 2.75) is 12.2 Å². The van der Waals surface area contributed by atoms with Gasteiger partial charge in [-0.1, -0.05) is 18.2 Å². The van der Waals surface area contributed by atoms with Crippen molar-refractivity contribution in [3.8, 4) is 0 Å². The fourth-order valence-electron chi connectivity index (χ4n) is 1.18. The average molecular weight is 240 g/mol. The third-order valence-corrected chi connectivity index (χ3v) is 3.76. The molecule has 1 rings (SSSR count). The highest BCUT2D eigenvalue weighted by Gasteiger charge is 2.18. The summed E-state index contributed by atoms with van der Waals surface area (Å²) in [6.45, 7) is 1.97. The van der Waals surface area contributed by atoms with Crippen LogP contribution in [0.4, 0.5) is 5.69 Å². The van der Waals surface area contributed by atoms with Crippen molar-refractivity contribution in [1.29, 1.82) is 0 Å². The first kappa shape index (κ1) is 12.9. The molecule has 0 saturated heterocycles. The van der Waals surface area contributed by atoms with Crippen LogP contribution in [0.25, 0.3) is 0 Å². The zero-order chi connectivity index (χ0) is 12.0. The van der Waals surface area contributed by atoms with Crippen LogP contribution >= 0.6 is 0 Å². The van der Waals surface area contributed by atoms with E-state index in [0.29, 0.717) is 18.0 Å². The summed E-state index contributed by atoms with van der Waals surface area (Å²) in [7, 11) is -1.21. The maximum atomic E-state index is 11.7. The molecule has 1 aromatic rings. The quantitative estimate of drug-likeness (QED) is 0.796. The molecule has 3 N–H and O–H groups in total. The van der Waals surface area contributed by atoms with E-state index in [0.717, 1.165) is 0 Å². The monoisotopic (exact) mass is 240 g/mol. The molecular weight excluding hydrogens is 224 g/mol. The first-order chi connectivity index (χ1) is 7.65. The Labute approximate surface area is 97.7 Å². The summed E-state index contributed by atoms with van der Waals surface area (Å²) >= 11 is 0. The molecule has 5 heteroatoms. The number of nitrogens with two attached hydrogens (primary N) is 1. The van der Waals surface area contributed by atoms with Gasteiger partial charge in [0.05, 0.1) is 0 Å². The van der Waals surface area contributed by atoms with E-state index in [1.54, 1.807) is 19.1 Å². The lowest BCUT2D eigenvalue weighted by atomic mass is 10.3. The molecule has 2 atom stereocenters. The number of anilines is 1. The molecule has 0 fully saturated rings. The van der Waals surface area contributed by atoms with Gasteiger partial charge in [-0.25, -0.2) is 0 Å². The SMILES string of the molecule is CC(C(=O)Nc1ccccc1)S(=O)CCN. The summed E-state index contributed by atoms with van der Waals surface area (Å²) in [6.07, 6.45) is 0. The highest BCUT2D eigenvalue weighted by molar-refractivity contribution is 7.86. The Morgan fingerprint density at radius 2 is 2.06 bits per heavy atom. The van der Waals surface area contributed by atoms with Crippen LogP contribution in [0, 0.1) is 0 Å². The first-order valence-electron chi connectivity index (χ1n) is 5.08. The lowest BCUT2D eigenvalue weighted by Gasteiger charge is -2.11. The summed E-state index contributed by atoms with van der Waals surface area (Å²) in [5, 5.41) is 2.17. The van der Waals surface area contributed by atoms with Crippen LogP contribution in [0.3, 0.4) is 0 Å². The van der Waals surface area contributed by atoms with Crippen molar-refractivity contribution in [1.82, 2.24) is 0 Å². The Morgan fingerprint density at radius 1 is 1.44 bits per heavy atom. The second kappa shape index (κ2) is 6.40. The van der Waals surface area contributed by atoms with Crippen molar-refractivity contribution in [3.63, 3.8) is 0 Å². The molecular formula is C11H16N2O2S. The van der Waals surface area contributed by atoms with E-state index in [9.17, 15) is 9.00 Å². The van der Waals surface area contributed by atoms with Gasteiger partial charge in [-0.3, -0.25) is 9.00 Å². The highest BCUT2D eigenvalue weighted by atomic mass is 32.2. The molecule has 0 radical (unpaired) electrons. The molecule has 0 heterocycles. The van der Waals surface area contributed by atoms with Crippen molar-refractivity contribution >= 4 is 22.4 Å². The lowest BCUT2D eigenvalue weighted by molar-refractivity contribution is -0.115. The van der Waals surface area contributed by atoms with E-state index in [-0.39, 0.29) is 5.91 Å². The molecule has 0 saturated carbocycles. The summed E-state index contributed by atoms with van der Waals surface area (Å²) < 4.78 is 11.5. The van der Waals surface area contributed by atoms with E-state index >= 15 is 0 Å². The summed E-state index contributed by atoms with van der Waals surface area (Å²) in [5.74, 6) is 0.113. The van der Waals surface area contributed by atoms with Gasteiger partial charge in [0.2, 0.25) is 5.91 Å². The number of para-hydroxylation sites is 1. The van der Waals surface area contributed by atoms with Gasteiger partial charge in [-0.05, 0) is 19.1 Å². The van der Waals surface area contributed by atoms with Crippen LogP contribution in [-0.2, 0) is 15.6 Å². The number of carbonyl (C=O) groups excluding carboxylic acids is 1. The largest absolute Gasteiger partial charge is 0.330 e. The van der Waals surface area contributed by atoms with E-state index in [2.05, 4.69) is 5.32 Å². The fourth-order valence-corrected chi connectivity index (χ4v) is 2.06. The number of amides is 1. The van der Waals surface area contributed by atoms with Gasteiger partial charge >= 0.3 is 0 Å². The van der Waals surface area contributed by atoms with Gasteiger partial charge in [0.25, 0.3) is 0 Å². The maximum absolute atomic E-state index is 11.7. The van der Waals surface area contributed by atoms with Gasteiger partial charge < -0.3 is 11.1 Å². The Balaban J connectivity index is 2.56. The molecule has 0 spiro atoms. The number of benzene rings is 1. The fraction of sp³-hybridized carbons (Fsp3) is 0.364. The molecule has 0 aliphatic carbocycles. The van der Waals surface area contributed by atoms with Gasteiger partial charge in [0.15, 0.2) is 0 Å². The zero-order valence-corrected chi connectivity index (χ0v) is 10.00. The molecule has 0 aromatic heterocycles. The van der Waals surface area contributed by atoms with Crippen LogP contribution in [-0.4, -0.2) is 27.7 Å². The average Bonchev–Trinajstić information content (AvgIpc) is 2.29. The minimum Gasteiger partial charge on any atom is -0.330 e. The molecule has 1 amide bonds. The molecule has 0 aliphatic rings. The first-order valence-corrected chi connectivity index (χ1v) is 6.46. The van der Waals surface area contributed by atoms with Gasteiger partial charge in [-0.15, -0.1) is 0 Å². The van der Waals surface area contributed by atoms with Crippen molar-refractivity contribution in [3.05, 3.63) is 30.3 Å². The van der Waals surface area contributed by atoms with E-state index < -0.39 is 16.0 Å². The lowest BCUT2D eigenvalue weighted by Crippen LogP contribution is -2.31. The smallest absolute Gasteiger partial charge is 0.239 e. The van der Waals surface area contributed by atoms with E-state index in [1.807, 2.05) is 18.2 Å². The van der Waals surface area contributed by atoms with Gasteiger partial charge in [0.1, 0.15) is 5.25 Å². The van der Waals surface area contributed by atoms with Crippen LogP contribution in [0.15, 0.2) is 30.3 Å². The van der Waals surface area contributed by atoms with Crippen LogP contribution in [0.2, 0.25) is 0 Å². The maximum Gasteiger partial charge on any atom is 0.239 e. The summed E-state index contributed by atoms with van der Waals surface area (Å²) in [4.78, 5) is 11.7. The molecule has 16 heavy (non-hydrogen) atoms. The highest BCUT2D eigenvalue weighted by Crippen LogP contribution is 2.07. The third kappa shape index (κ3) is 3.75. The van der Waals surface area contributed by atoms with E-state index in [4.69, 9.17) is 5.73 Å². The third-order valence-electron chi connectivity index (χ3n) is 2.12. The van der Waals surface area contributed by atoms with Crippen LogP contribution in [0.1, 0.15) is 6.92 Å². The minimum atomic E-state index is -1.21. The zero-order valence-electron chi connectivity index (χ0n) is 9.18. The number of carbonyl (C=O) groups is 1. The predicted molar refractivity (Wildman–Crippen MR) is 66.6 cm³/mol.